The summed E-state index contributed by atoms with van der Waals surface area (Å²) in [6, 6.07) is -1.58. The topological polar surface area (TPSA) is 96.4 Å². The van der Waals surface area contributed by atoms with Crippen molar-refractivity contribution in [2.45, 2.75) is 109 Å². The van der Waals surface area contributed by atoms with E-state index < -0.39 is 41.1 Å². The molecule has 4 unspecified atom stereocenters. The first kappa shape index (κ1) is 31.3. The molecule has 1 N–H and O–H groups in total. The molecule has 3 aliphatic rings. The molecule has 8 nitrogen and oxygen atoms in total. The van der Waals surface area contributed by atoms with E-state index in [1.54, 1.807) is 22.0 Å². The Morgan fingerprint density at radius 2 is 1.97 bits per heavy atom. The quantitative estimate of drug-likeness (QED) is 0.189. The lowest BCUT2D eigenvalue weighted by molar-refractivity contribution is -0.164. The first-order valence-electron chi connectivity index (χ1n) is 14.8. The smallest absolute Gasteiger partial charge is 0.312 e. The Kier molecular flexibility index (Phi) is 10.1. The van der Waals surface area contributed by atoms with Crippen LogP contribution in [0.3, 0.4) is 0 Å². The van der Waals surface area contributed by atoms with Crippen LogP contribution in [0.2, 0.25) is 0 Å². The van der Waals surface area contributed by atoms with Crippen molar-refractivity contribution in [2.24, 2.45) is 23.7 Å². The van der Waals surface area contributed by atoms with E-state index in [-0.39, 0.29) is 42.9 Å². The van der Waals surface area contributed by atoms with Gasteiger partial charge in [0.05, 0.1) is 30.8 Å². The number of ether oxygens (including phenoxy) is 2. The SMILES string of the molecule is C=CCCCOC(=O)[C@H]1[C@H]2C(=O)N([C@@H](CO)[C@@H](C)CC)C(C(=O)N(CC=C)C(C)CCC)C23CC(C)[C@]1(C)O3. The van der Waals surface area contributed by atoms with Crippen molar-refractivity contribution < 1.29 is 29.0 Å². The molecule has 3 saturated heterocycles. The molecule has 0 aromatic heterocycles. The van der Waals surface area contributed by atoms with Crippen LogP contribution in [0.5, 0.6) is 0 Å². The number of carbonyl (C=O) groups is 3. The summed E-state index contributed by atoms with van der Waals surface area (Å²) < 4.78 is 12.5. The number of fused-ring (bicyclic) bond motifs is 1. The number of likely N-dealkylation sites (tertiary alicyclic amines) is 1. The second kappa shape index (κ2) is 12.5. The van der Waals surface area contributed by atoms with Gasteiger partial charge in [-0.05, 0) is 51.4 Å². The lowest BCUT2D eigenvalue weighted by atomic mass is 9.62. The molecule has 3 aliphatic heterocycles. The molecule has 2 bridgehead atoms. The van der Waals surface area contributed by atoms with Crippen LogP contribution in [0.1, 0.15) is 80.1 Å². The van der Waals surface area contributed by atoms with E-state index in [1.807, 2.05) is 34.6 Å². The maximum Gasteiger partial charge on any atom is 0.312 e. The minimum atomic E-state index is -1.17. The second-order valence-corrected chi connectivity index (χ2v) is 12.1. The maximum absolute atomic E-state index is 14.6. The van der Waals surface area contributed by atoms with Crippen molar-refractivity contribution >= 4 is 17.8 Å². The predicted molar refractivity (Wildman–Crippen MR) is 151 cm³/mol. The van der Waals surface area contributed by atoms with Gasteiger partial charge in [0, 0.05) is 12.6 Å². The normalized spacial score (nSPS) is 33.4. The third kappa shape index (κ3) is 5.19. The average molecular weight is 547 g/mol. The summed E-state index contributed by atoms with van der Waals surface area (Å²) in [4.78, 5) is 46.0. The molecule has 0 aromatic rings. The summed E-state index contributed by atoms with van der Waals surface area (Å²) >= 11 is 0. The number of aliphatic hydroxyl groups excluding tert-OH is 1. The molecular formula is C31H50N2O6. The molecule has 0 aromatic carbocycles. The number of esters is 1. The molecule has 0 radical (unpaired) electrons. The number of carbonyl (C=O) groups excluding carboxylic acids is 3. The zero-order valence-electron chi connectivity index (χ0n) is 24.9. The molecular weight excluding hydrogens is 496 g/mol. The van der Waals surface area contributed by atoms with Crippen LogP contribution in [-0.2, 0) is 23.9 Å². The molecule has 3 rings (SSSR count). The molecule has 2 amide bonds. The van der Waals surface area contributed by atoms with Crippen LogP contribution in [0.15, 0.2) is 25.3 Å². The van der Waals surface area contributed by atoms with Crippen molar-refractivity contribution in [2.75, 3.05) is 19.8 Å². The van der Waals surface area contributed by atoms with Crippen LogP contribution in [0.4, 0.5) is 0 Å². The van der Waals surface area contributed by atoms with E-state index in [1.165, 1.54) is 0 Å². The Balaban J connectivity index is 2.13. The second-order valence-electron chi connectivity index (χ2n) is 12.1. The molecule has 3 fully saturated rings. The number of rotatable bonds is 15. The van der Waals surface area contributed by atoms with Crippen LogP contribution in [0.25, 0.3) is 0 Å². The third-order valence-corrected chi connectivity index (χ3v) is 9.73. The average Bonchev–Trinajstić information content (AvgIpc) is 3.42. The molecule has 8 heteroatoms. The number of allylic oxidation sites excluding steroid dienone is 1. The van der Waals surface area contributed by atoms with Crippen LogP contribution in [-0.4, -0.2) is 81.8 Å². The Morgan fingerprint density at radius 3 is 2.54 bits per heavy atom. The summed E-state index contributed by atoms with van der Waals surface area (Å²) in [6.45, 7) is 19.9. The van der Waals surface area contributed by atoms with Crippen molar-refractivity contribution in [1.82, 2.24) is 9.80 Å². The summed E-state index contributed by atoms with van der Waals surface area (Å²) in [5.74, 6) is -2.74. The van der Waals surface area contributed by atoms with Gasteiger partial charge in [-0.1, -0.05) is 52.7 Å². The zero-order chi connectivity index (χ0) is 29.1. The molecule has 0 aliphatic carbocycles. The fourth-order valence-corrected chi connectivity index (χ4v) is 7.33. The van der Waals surface area contributed by atoms with Crippen LogP contribution in [0, 0.1) is 23.7 Å². The van der Waals surface area contributed by atoms with Gasteiger partial charge in [0.25, 0.3) is 0 Å². The van der Waals surface area contributed by atoms with Gasteiger partial charge in [0.2, 0.25) is 11.8 Å². The van der Waals surface area contributed by atoms with Gasteiger partial charge >= 0.3 is 5.97 Å². The standard InChI is InChI=1S/C31H50N2O6/c1-9-13-14-17-38-29(37)25-24-27(35)33(23(19-34)20(5)12-4)26(31(24)18-21(6)30(25,8)39-31)28(36)32(16-11-3)22(7)15-10-2/h9,11,20-26,34H,1,3,10,12-19H2,2,4-8H3/t20-,21?,22?,23-,24-,25+,26?,30-,31?/m0/s1. The van der Waals surface area contributed by atoms with Crippen molar-refractivity contribution in [3.63, 3.8) is 0 Å². The highest BCUT2D eigenvalue weighted by Crippen LogP contribution is 2.66. The van der Waals surface area contributed by atoms with E-state index >= 15 is 0 Å². The number of amides is 2. The van der Waals surface area contributed by atoms with Crippen molar-refractivity contribution in [3.8, 4) is 0 Å². The Labute approximate surface area is 234 Å². The van der Waals surface area contributed by atoms with Gasteiger partial charge < -0.3 is 24.4 Å². The van der Waals surface area contributed by atoms with E-state index in [4.69, 9.17) is 9.47 Å². The summed E-state index contributed by atoms with van der Waals surface area (Å²) in [5.41, 5.74) is -2.09. The molecule has 0 saturated carbocycles. The number of aliphatic hydroxyl groups is 1. The minimum absolute atomic E-state index is 0.0556. The minimum Gasteiger partial charge on any atom is -0.465 e. The Bertz CT molecular complexity index is 938. The summed E-state index contributed by atoms with van der Waals surface area (Å²) in [6.07, 6.45) is 7.77. The first-order valence-corrected chi connectivity index (χ1v) is 14.8. The van der Waals surface area contributed by atoms with E-state index in [0.717, 1.165) is 25.7 Å². The Morgan fingerprint density at radius 1 is 1.28 bits per heavy atom. The fourth-order valence-electron chi connectivity index (χ4n) is 7.33. The van der Waals surface area contributed by atoms with E-state index in [0.29, 0.717) is 19.4 Å². The number of nitrogens with zero attached hydrogens (tertiary/aromatic N) is 2. The zero-order valence-corrected chi connectivity index (χ0v) is 24.9. The highest BCUT2D eigenvalue weighted by molar-refractivity contribution is 5.99. The fraction of sp³-hybridized carbons (Fsp3) is 0.774. The molecule has 3 heterocycles. The van der Waals surface area contributed by atoms with Gasteiger partial charge in [0.15, 0.2) is 0 Å². The van der Waals surface area contributed by atoms with Gasteiger partial charge in [-0.15, -0.1) is 13.2 Å². The van der Waals surface area contributed by atoms with Gasteiger partial charge in [0.1, 0.15) is 17.6 Å². The van der Waals surface area contributed by atoms with Gasteiger partial charge in [-0.25, -0.2) is 0 Å². The lowest BCUT2D eigenvalue weighted by Crippen LogP contribution is -2.61. The largest absolute Gasteiger partial charge is 0.465 e. The third-order valence-electron chi connectivity index (χ3n) is 9.73. The summed E-state index contributed by atoms with van der Waals surface area (Å²) in [5, 5.41) is 10.5. The van der Waals surface area contributed by atoms with Crippen LogP contribution >= 0.6 is 0 Å². The molecule has 39 heavy (non-hydrogen) atoms. The summed E-state index contributed by atoms with van der Waals surface area (Å²) in [7, 11) is 0. The monoisotopic (exact) mass is 546 g/mol. The highest BCUT2D eigenvalue weighted by Gasteiger charge is 2.81. The Hall–Kier alpha value is -2.19. The van der Waals surface area contributed by atoms with E-state index in [9.17, 15) is 19.5 Å². The molecule has 1 spiro atoms. The van der Waals surface area contributed by atoms with E-state index in [2.05, 4.69) is 20.1 Å². The number of hydrogen-bond donors (Lipinski definition) is 1. The van der Waals surface area contributed by atoms with Crippen LogP contribution < -0.4 is 0 Å². The predicted octanol–water partition coefficient (Wildman–Crippen LogP) is 4.12. The van der Waals surface area contributed by atoms with Gasteiger partial charge in [-0.3, -0.25) is 14.4 Å². The van der Waals surface area contributed by atoms with Crippen molar-refractivity contribution in [3.05, 3.63) is 25.3 Å². The first-order chi connectivity index (χ1) is 18.5. The van der Waals surface area contributed by atoms with Gasteiger partial charge in [-0.2, -0.15) is 0 Å². The maximum atomic E-state index is 14.6. The number of unbranched alkanes of at least 4 members (excludes halogenated alkanes) is 1. The molecule has 220 valence electrons. The number of hydrogen-bond acceptors (Lipinski definition) is 6. The van der Waals surface area contributed by atoms with Crippen molar-refractivity contribution in [1.29, 1.82) is 0 Å². The lowest BCUT2D eigenvalue weighted by Gasteiger charge is -2.42. The highest BCUT2D eigenvalue weighted by atomic mass is 16.6. The molecule has 9 atom stereocenters.